The SMILES string of the molecule is Nc1ccc(Br)cc1C(=O)NC1CC1c1ccccc1. The lowest BCUT2D eigenvalue weighted by molar-refractivity contribution is 0.0951. The molecule has 1 aliphatic rings. The highest BCUT2D eigenvalue weighted by Crippen LogP contribution is 2.40. The number of nitrogens with one attached hydrogen (secondary N) is 1. The first-order valence-corrected chi connectivity index (χ1v) is 7.35. The molecule has 3 N–H and O–H groups in total. The van der Waals surface area contributed by atoms with E-state index in [4.69, 9.17) is 5.73 Å². The summed E-state index contributed by atoms with van der Waals surface area (Å²) in [5.41, 5.74) is 8.16. The Morgan fingerprint density at radius 2 is 1.95 bits per heavy atom. The number of benzene rings is 2. The van der Waals surface area contributed by atoms with Crippen LogP contribution in [0.5, 0.6) is 0 Å². The van der Waals surface area contributed by atoms with Gasteiger partial charge in [0.1, 0.15) is 0 Å². The Bertz CT molecular complexity index is 642. The molecule has 2 atom stereocenters. The van der Waals surface area contributed by atoms with E-state index in [1.54, 1.807) is 12.1 Å². The molecule has 3 rings (SSSR count). The Morgan fingerprint density at radius 1 is 1.20 bits per heavy atom. The predicted molar refractivity (Wildman–Crippen MR) is 83.6 cm³/mol. The molecular formula is C16H15BrN2O. The summed E-state index contributed by atoms with van der Waals surface area (Å²) >= 11 is 3.36. The monoisotopic (exact) mass is 330 g/mol. The van der Waals surface area contributed by atoms with E-state index in [0.29, 0.717) is 17.2 Å². The average molecular weight is 331 g/mol. The number of nitrogens with two attached hydrogens (primary N) is 1. The molecule has 2 unspecified atom stereocenters. The van der Waals surface area contributed by atoms with Crippen LogP contribution in [0.2, 0.25) is 0 Å². The summed E-state index contributed by atoms with van der Waals surface area (Å²) in [4.78, 5) is 12.2. The Balaban J connectivity index is 1.68. The van der Waals surface area contributed by atoms with E-state index in [1.165, 1.54) is 5.56 Å². The number of nitrogen functional groups attached to an aromatic ring is 1. The third kappa shape index (κ3) is 2.70. The van der Waals surface area contributed by atoms with Crippen molar-refractivity contribution in [3.8, 4) is 0 Å². The Labute approximate surface area is 126 Å². The molecule has 0 saturated heterocycles. The third-order valence-electron chi connectivity index (χ3n) is 3.59. The van der Waals surface area contributed by atoms with Crippen LogP contribution in [0.3, 0.4) is 0 Å². The fourth-order valence-electron chi connectivity index (χ4n) is 2.39. The van der Waals surface area contributed by atoms with Crippen LogP contribution in [0.25, 0.3) is 0 Å². The minimum atomic E-state index is -0.104. The number of anilines is 1. The van der Waals surface area contributed by atoms with Gasteiger partial charge in [0, 0.05) is 22.1 Å². The van der Waals surface area contributed by atoms with Gasteiger partial charge in [-0.3, -0.25) is 4.79 Å². The van der Waals surface area contributed by atoms with Gasteiger partial charge in [-0.05, 0) is 30.2 Å². The Morgan fingerprint density at radius 3 is 2.70 bits per heavy atom. The van der Waals surface area contributed by atoms with E-state index in [1.807, 2.05) is 24.3 Å². The fraction of sp³-hybridized carbons (Fsp3) is 0.188. The Hall–Kier alpha value is -1.81. The molecule has 2 aromatic rings. The summed E-state index contributed by atoms with van der Waals surface area (Å²) in [6.45, 7) is 0. The number of rotatable bonds is 3. The molecule has 1 saturated carbocycles. The number of carbonyl (C=O) groups excluding carboxylic acids is 1. The molecular weight excluding hydrogens is 316 g/mol. The maximum atomic E-state index is 12.2. The first-order chi connectivity index (χ1) is 9.65. The Kier molecular flexibility index (Phi) is 3.49. The molecule has 4 heteroatoms. The highest BCUT2D eigenvalue weighted by atomic mass is 79.9. The van der Waals surface area contributed by atoms with Crippen molar-refractivity contribution >= 4 is 27.5 Å². The molecule has 0 radical (unpaired) electrons. The summed E-state index contributed by atoms with van der Waals surface area (Å²) in [6, 6.07) is 15.8. The van der Waals surface area contributed by atoms with Crippen molar-refractivity contribution in [2.75, 3.05) is 5.73 Å². The van der Waals surface area contributed by atoms with Crippen molar-refractivity contribution in [2.45, 2.75) is 18.4 Å². The summed E-state index contributed by atoms with van der Waals surface area (Å²) in [6.07, 6.45) is 0.990. The lowest BCUT2D eigenvalue weighted by Gasteiger charge is -2.08. The van der Waals surface area contributed by atoms with Gasteiger partial charge in [-0.15, -0.1) is 0 Å². The van der Waals surface area contributed by atoms with Crippen molar-refractivity contribution in [1.29, 1.82) is 0 Å². The van der Waals surface area contributed by atoms with Crippen LogP contribution in [0, 0.1) is 0 Å². The van der Waals surface area contributed by atoms with Crippen molar-refractivity contribution in [1.82, 2.24) is 5.32 Å². The van der Waals surface area contributed by atoms with Crippen LogP contribution >= 0.6 is 15.9 Å². The zero-order chi connectivity index (χ0) is 14.1. The van der Waals surface area contributed by atoms with Crippen LogP contribution in [0.1, 0.15) is 28.3 Å². The minimum absolute atomic E-state index is 0.104. The molecule has 0 aliphatic heterocycles. The standard InChI is InChI=1S/C16H15BrN2O/c17-11-6-7-14(18)13(8-11)16(20)19-15-9-12(15)10-4-2-1-3-5-10/h1-8,12,15H,9,18H2,(H,19,20). The van der Waals surface area contributed by atoms with Gasteiger partial charge in [0.2, 0.25) is 0 Å². The second-order valence-corrected chi connectivity index (χ2v) is 5.98. The van der Waals surface area contributed by atoms with Crippen LogP contribution in [0.15, 0.2) is 53.0 Å². The first-order valence-electron chi connectivity index (χ1n) is 6.56. The molecule has 102 valence electrons. The van der Waals surface area contributed by atoms with Gasteiger partial charge in [-0.1, -0.05) is 46.3 Å². The van der Waals surface area contributed by atoms with Crippen LogP contribution in [-0.2, 0) is 0 Å². The summed E-state index contributed by atoms with van der Waals surface area (Å²) in [5, 5.41) is 3.05. The number of hydrogen-bond acceptors (Lipinski definition) is 2. The lowest BCUT2D eigenvalue weighted by Crippen LogP contribution is -2.27. The van der Waals surface area contributed by atoms with Gasteiger partial charge in [-0.2, -0.15) is 0 Å². The quantitative estimate of drug-likeness (QED) is 0.848. The molecule has 3 nitrogen and oxygen atoms in total. The van der Waals surface area contributed by atoms with E-state index < -0.39 is 0 Å². The van der Waals surface area contributed by atoms with Gasteiger partial charge >= 0.3 is 0 Å². The predicted octanol–water partition coefficient (Wildman–Crippen LogP) is 3.32. The maximum absolute atomic E-state index is 12.2. The molecule has 1 fully saturated rings. The van der Waals surface area contributed by atoms with Crippen LogP contribution in [0.4, 0.5) is 5.69 Å². The number of halogens is 1. The normalized spacial score (nSPS) is 20.4. The zero-order valence-electron chi connectivity index (χ0n) is 10.8. The molecule has 0 bridgehead atoms. The van der Waals surface area contributed by atoms with Crippen molar-refractivity contribution in [3.63, 3.8) is 0 Å². The third-order valence-corrected chi connectivity index (χ3v) is 4.09. The largest absolute Gasteiger partial charge is 0.398 e. The molecule has 0 heterocycles. The first kappa shape index (κ1) is 13.2. The number of amides is 1. The summed E-state index contributed by atoms with van der Waals surface area (Å²) in [7, 11) is 0. The van der Waals surface area contributed by atoms with E-state index in [-0.39, 0.29) is 11.9 Å². The molecule has 1 amide bonds. The molecule has 0 spiro atoms. The maximum Gasteiger partial charge on any atom is 0.253 e. The van der Waals surface area contributed by atoms with Gasteiger partial charge < -0.3 is 11.1 Å². The average Bonchev–Trinajstić information content (AvgIpc) is 3.21. The van der Waals surface area contributed by atoms with E-state index in [9.17, 15) is 4.79 Å². The number of hydrogen-bond donors (Lipinski definition) is 2. The van der Waals surface area contributed by atoms with Gasteiger partial charge in [0.05, 0.1) is 5.56 Å². The lowest BCUT2D eigenvalue weighted by atomic mass is 10.1. The molecule has 0 aromatic heterocycles. The molecule has 1 aliphatic carbocycles. The van der Waals surface area contributed by atoms with Crippen LogP contribution < -0.4 is 11.1 Å². The van der Waals surface area contributed by atoms with Crippen molar-refractivity contribution < 1.29 is 4.79 Å². The van der Waals surface area contributed by atoms with E-state index in [2.05, 4.69) is 33.4 Å². The second kappa shape index (κ2) is 5.29. The fourth-order valence-corrected chi connectivity index (χ4v) is 2.76. The van der Waals surface area contributed by atoms with Crippen LogP contribution in [-0.4, -0.2) is 11.9 Å². The topological polar surface area (TPSA) is 55.1 Å². The van der Waals surface area contributed by atoms with E-state index in [0.717, 1.165) is 10.9 Å². The van der Waals surface area contributed by atoms with Crippen molar-refractivity contribution in [3.05, 3.63) is 64.1 Å². The summed E-state index contributed by atoms with van der Waals surface area (Å²) < 4.78 is 0.854. The number of carbonyl (C=O) groups is 1. The second-order valence-electron chi connectivity index (χ2n) is 5.06. The highest BCUT2D eigenvalue weighted by Gasteiger charge is 2.39. The van der Waals surface area contributed by atoms with Crippen molar-refractivity contribution in [2.24, 2.45) is 0 Å². The molecule has 20 heavy (non-hydrogen) atoms. The van der Waals surface area contributed by atoms with Gasteiger partial charge in [0.15, 0.2) is 0 Å². The zero-order valence-corrected chi connectivity index (χ0v) is 12.4. The smallest absolute Gasteiger partial charge is 0.253 e. The molecule has 2 aromatic carbocycles. The summed E-state index contributed by atoms with van der Waals surface area (Å²) in [5.74, 6) is 0.320. The van der Waals surface area contributed by atoms with E-state index >= 15 is 0 Å². The van der Waals surface area contributed by atoms with Gasteiger partial charge in [-0.25, -0.2) is 0 Å². The highest BCUT2D eigenvalue weighted by molar-refractivity contribution is 9.10. The minimum Gasteiger partial charge on any atom is -0.398 e. The van der Waals surface area contributed by atoms with Gasteiger partial charge in [0.25, 0.3) is 5.91 Å².